The highest BCUT2D eigenvalue weighted by Gasteiger charge is 2.16. The van der Waals surface area contributed by atoms with Crippen LogP contribution in [0.5, 0.6) is 11.5 Å². The summed E-state index contributed by atoms with van der Waals surface area (Å²) in [6.07, 6.45) is 0. The molecule has 13 heavy (non-hydrogen) atoms. The van der Waals surface area contributed by atoms with Crippen LogP contribution in [0.3, 0.4) is 0 Å². The lowest BCUT2D eigenvalue weighted by molar-refractivity contribution is 0.169. The molecule has 70 valence electrons. The summed E-state index contributed by atoms with van der Waals surface area (Å²) in [6, 6.07) is 2.79. The molecule has 0 unspecified atom stereocenters. The van der Waals surface area contributed by atoms with Crippen LogP contribution in [0.25, 0.3) is 0 Å². The molecule has 1 aliphatic rings. The summed E-state index contributed by atoms with van der Waals surface area (Å²) in [5, 5.41) is 0.566. The van der Waals surface area contributed by atoms with Gasteiger partial charge in [0.25, 0.3) is 0 Å². The summed E-state index contributed by atoms with van der Waals surface area (Å²) < 4.78 is 23.6. The Labute approximate surface area is 83.8 Å². The summed E-state index contributed by atoms with van der Waals surface area (Å²) in [4.78, 5) is 0. The zero-order chi connectivity index (χ0) is 9.26. The average Bonchev–Trinajstić information content (AvgIpc) is 2.16. The third-order valence-corrected chi connectivity index (χ3v) is 2.43. The average molecular weight is 247 g/mol. The summed E-state index contributed by atoms with van der Waals surface area (Å²) in [7, 11) is 0. The standard InChI is InChI=1S/C9H8BrFO2/c10-5-6-3-7(11)4-8-9(6)13-2-1-12-8/h3-4H,1-2,5H2. The molecule has 0 saturated heterocycles. The van der Waals surface area contributed by atoms with Gasteiger partial charge in [0.05, 0.1) is 0 Å². The van der Waals surface area contributed by atoms with Gasteiger partial charge in [0.15, 0.2) is 11.5 Å². The fraction of sp³-hybridized carbons (Fsp3) is 0.333. The van der Waals surface area contributed by atoms with E-state index in [1.165, 1.54) is 12.1 Å². The molecule has 0 saturated carbocycles. The Kier molecular flexibility index (Phi) is 2.40. The Morgan fingerprint density at radius 1 is 1.31 bits per heavy atom. The SMILES string of the molecule is Fc1cc(CBr)c2c(c1)OCCO2. The molecule has 0 N–H and O–H groups in total. The van der Waals surface area contributed by atoms with Crippen LogP contribution in [0.2, 0.25) is 0 Å². The normalized spacial score (nSPS) is 14.3. The molecule has 1 aromatic rings. The lowest BCUT2D eigenvalue weighted by atomic mass is 10.2. The monoisotopic (exact) mass is 246 g/mol. The number of fused-ring (bicyclic) bond motifs is 1. The molecule has 0 fully saturated rings. The van der Waals surface area contributed by atoms with E-state index in [9.17, 15) is 4.39 Å². The maximum Gasteiger partial charge on any atom is 0.165 e. The smallest absolute Gasteiger partial charge is 0.165 e. The Hall–Kier alpha value is -0.770. The van der Waals surface area contributed by atoms with Crippen LogP contribution in [-0.2, 0) is 5.33 Å². The Balaban J connectivity index is 2.50. The van der Waals surface area contributed by atoms with E-state index < -0.39 is 0 Å². The van der Waals surface area contributed by atoms with Crippen LogP contribution in [0.4, 0.5) is 4.39 Å². The van der Waals surface area contributed by atoms with E-state index in [0.29, 0.717) is 30.0 Å². The fourth-order valence-corrected chi connectivity index (χ4v) is 1.70. The van der Waals surface area contributed by atoms with Gasteiger partial charge in [-0.3, -0.25) is 0 Å². The number of alkyl halides is 1. The number of hydrogen-bond donors (Lipinski definition) is 0. The third-order valence-electron chi connectivity index (χ3n) is 1.83. The minimum Gasteiger partial charge on any atom is -0.486 e. The maximum absolute atomic E-state index is 13.0. The van der Waals surface area contributed by atoms with E-state index in [4.69, 9.17) is 9.47 Å². The quantitative estimate of drug-likeness (QED) is 0.710. The van der Waals surface area contributed by atoms with Gasteiger partial charge in [-0.1, -0.05) is 15.9 Å². The van der Waals surface area contributed by atoms with Crippen molar-refractivity contribution in [3.8, 4) is 11.5 Å². The predicted octanol–water partition coefficient (Wildman–Crippen LogP) is 2.49. The van der Waals surface area contributed by atoms with Gasteiger partial charge in [-0.25, -0.2) is 4.39 Å². The number of rotatable bonds is 1. The summed E-state index contributed by atoms with van der Waals surface area (Å²) in [5.41, 5.74) is 0.787. The largest absolute Gasteiger partial charge is 0.486 e. The second-order valence-corrected chi connectivity index (χ2v) is 3.28. The van der Waals surface area contributed by atoms with Gasteiger partial charge >= 0.3 is 0 Å². The van der Waals surface area contributed by atoms with Gasteiger partial charge in [0.2, 0.25) is 0 Å². The van der Waals surface area contributed by atoms with Crippen LogP contribution in [0.15, 0.2) is 12.1 Å². The van der Waals surface area contributed by atoms with E-state index in [1.54, 1.807) is 0 Å². The Bertz CT molecular complexity index is 310. The minimum atomic E-state index is -0.293. The van der Waals surface area contributed by atoms with Crippen molar-refractivity contribution in [3.05, 3.63) is 23.5 Å². The first-order chi connectivity index (χ1) is 6.31. The van der Waals surface area contributed by atoms with Crippen molar-refractivity contribution in [2.45, 2.75) is 5.33 Å². The van der Waals surface area contributed by atoms with Gasteiger partial charge in [-0.2, -0.15) is 0 Å². The lowest BCUT2D eigenvalue weighted by Crippen LogP contribution is -2.16. The molecule has 1 heterocycles. The first-order valence-corrected chi connectivity index (χ1v) is 5.07. The second kappa shape index (κ2) is 3.54. The van der Waals surface area contributed by atoms with Crippen molar-refractivity contribution in [1.29, 1.82) is 0 Å². The van der Waals surface area contributed by atoms with Crippen LogP contribution in [0, 0.1) is 5.82 Å². The number of halogens is 2. The molecule has 0 atom stereocenters. The van der Waals surface area contributed by atoms with E-state index in [1.807, 2.05) is 0 Å². The molecular weight excluding hydrogens is 239 g/mol. The van der Waals surface area contributed by atoms with Crippen molar-refractivity contribution in [2.24, 2.45) is 0 Å². The van der Waals surface area contributed by atoms with E-state index in [-0.39, 0.29) is 5.82 Å². The maximum atomic E-state index is 13.0. The van der Waals surface area contributed by atoms with Gasteiger partial charge < -0.3 is 9.47 Å². The first-order valence-electron chi connectivity index (χ1n) is 3.95. The van der Waals surface area contributed by atoms with Crippen molar-refractivity contribution in [3.63, 3.8) is 0 Å². The zero-order valence-electron chi connectivity index (χ0n) is 6.85. The summed E-state index contributed by atoms with van der Waals surface area (Å²) in [6.45, 7) is 1.01. The predicted molar refractivity (Wildman–Crippen MR) is 50.0 cm³/mol. The third kappa shape index (κ3) is 1.63. The Morgan fingerprint density at radius 3 is 2.85 bits per heavy atom. The first kappa shape index (κ1) is 8.81. The molecule has 0 amide bonds. The van der Waals surface area contributed by atoms with Crippen molar-refractivity contribution in [1.82, 2.24) is 0 Å². The molecule has 0 spiro atoms. The summed E-state index contributed by atoms with van der Waals surface area (Å²) in [5.74, 6) is 0.865. The highest BCUT2D eigenvalue weighted by molar-refractivity contribution is 9.08. The molecule has 0 aromatic heterocycles. The number of ether oxygens (including phenoxy) is 2. The van der Waals surface area contributed by atoms with Crippen molar-refractivity contribution >= 4 is 15.9 Å². The molecule has 0 radical (unpaired) electrons. The molecular formula is C9H8BrFO2. The fourth-order valence-electron chi connectivity index (χ4n) is 1.29. The molecule has 2 nitrogen and oxygen atoms in total. The molecule has 0 bridgehead atoms. The van der Waals surface area contributed by atoms with Gasteiger partial charge in [0.1, 0.15) is 19.0 Å². The number of benzene rings is 1. The zero-order valence-corrected chi connectivity index (χ0v) is 8.43. The van der Waals surface area contributed by atoms with E-state index >= 15 is 0 Å². The van der Waals surface area contributed by atoms with Crippen molar-refractivity contribution < 1.29 is 13.9 Å². The molecule has 2 rings (SSSR count). The van der Waals surface area contributed by atoms with Gasteiger partial charge in [0, 0.05) is 17.0 Å². The van der Waals surface area contributed by atoms with Crippen LogP contribution in [0.1, 0.15) is 5.56 Å². The summed E-state index contributed by atoms with van der Waals surface area (Å²) >= 11 is 3.27. The van der Waals surface area contributed by atoms with Crippen molar-refractivity contribution in [2.75, 3.05) is 13.2 Å². The molecule has 1 aliphatic heterocycles. The number of hydrogen-bond acceptors (Lipinski definition) is 2. The van der Waals surface area contributed by atoms with Crippen LogP contribution < -0.4 is 9.47 Å². The molecule has 0 aliphatic carbocycles. The minimum absolute atomic E-state index is 0.293. The van der Waals surface area contributed by atoms with E-state index in [2.05, 4.69) is 15.9 Å². The Morgan fingerprint density at radius 2 is 2.08 bits per heavy atom. The van der Waals surface area contributed by atoms with Gasteiger partial charge in [-0.15, -0.1) is 0 Å². The van der Waals surface area contributed by atoms with E-state index in [0.717, 1.165) is 5.56 Å². The van der Waals surface area contributed by atoms with Gasteiger partial charge in [-0.05, 0) is 6.07 Å². The van der Waals surface area contributed by atoms with Crippen LogP contribution in [-0.4, -0.2) is 13.2 Å². The molecule has 4 heteroatoms. The topological polar surface area (TPSA) is 18.5 Å². The second-order valence-electron chi connectivity index (χ2n) is 2.72. The highest BCUT2D eigenvalue weighted by atomic mass is 79.9. The molecule has 1 aromatic carbocycles. The van der Waals surface area contributed by atoms with Crippen LogP contribution >= 0.6 is 15.9 Å². The lowest BCUT2D eigenvalue weighted by Gasteiger charge is -2.20. The highest BCUT2D eigenvalue weighted by Crippen LogP contribution is 2.35.